The fraction of sp³-hybridized carbons (Fsp3) is 0.556. The van der Waals surface area contributed by atoms with Gasteiger partial charge < -0.3 is 10.2 Å². The van der Waals surface area contributed by atoms with Gasteiger partial charge in [-0.1, -0.05) is 24.4 Å². The smallest absolute Gasteiger partial charge is 0.264 e. The maximum atomic E-state index is 12.9. The first-order valence-electron chi connectivity index (χ1n) is 8.89. The zero-order valence-electron chi connectivity index (χ0n) is 16.1. The molecule has 1 saturated heterocycles. The average Bonchev–Trinajstić information content (AvgIpc) is 2.66. The van der Waals surface area contributed by atoms with Gasteiger partial charge in [0.1, 0.15) is 0 Å². The van der Waals surface area contributed by atoms with E-state index < -0.39 is 10.0 Å². The summed E-state index contributed by atoms with van der Waals surface area (Å²) in [6, 6.07) is 5.80. The molecule has 1 unspecified atom stereocenters. The summed E-state index contributed by atoms with van der Waals surface area (Å²) in [6.07, 6.45) is 1.59. The highest BCUT2D eigenvalue weighted by atomic mass is 32.2. The van der Waals surface area contributed by atoms with E-state index in [0.29, 0.717) is 13.1 Å². The number of sulfonamides is 1. The van der Waals surface area contributed by atoms with Crippen molar-refractivity contribution in [2.45, 2.75) is 37.6 Å². The zero-order valence-corrected chi connectivity index (χ0v) is 17.0. The first-order chi connectivity index (χ1) is 12.7. The quantitative estimate of drug-likeness (QED) is 0.729. The number of carbonyl (C=O) groups is 2. The van der Waals surface area contributed by atoms with Crippen molar-refractivity contribution in [3.63, 3.8) is 0 Å². The molecule has 150 valence electrons. The van der Waals surface area contributed by atoms with Crippen molar-refractivity contribution in [3.8, 4) is 0 Å². The molecule has 0 bridgehead atoms. The number of nitrogens with zero attached hydrogens (tertiary/aromatic N) is 2. The van der Waals surface area contributed by atoms with Crippen LogP contribution in [0.3, 0.4) is 0 Å². The topological polar surface area (TPSA) is 96.0 Å². The van der Waals surface area contributed by atoms with E-state index in [-0.39, 0.29) is 34.2 Å². The van der Waals surface area contributed by atoms with Crippen molar-refractivity contribution in [2.75, 3.05) is 27.2 Å². The SMILES string of the molecule is CON(C)S(=O)(=O)c1cccc(C(=O)N2CCCC(NC(=O)C(C)C)C2)c1. The summed E-state index contributed by atoms with van der Waals surface area (Å²) >= 11 is 0. The largest absolute Gasteiger partial charge is 0.351 e. The molecule has 1 aromatic rings. The number of nitrogens with one attached hydrogen (secondary N) is 1. The van der Waals surface area contributed by atoms with Gasteiger partial charge in [0.05, 0.1) is 12.0 Å². The lowest BCUT2D eigenvalue weighted by molar-refractivity contribution is -0.125. The Hall–Kier alpha value is -1.97. The Labute approximate surface area is 160 Å². The van der Waals surface area contributed by atoms with Crippen LogP contribution in [-0.2, 0) is 19.7 Å². The number of hydrogen-bond acceptors (Lipinski definition) is 5. The summed E-state index contributed by atoms with van der Waals surface area (Å²) in [4.78, 5) is 31.2. The molecule has 0 aromatic heterocycles. The molecule has 0 spiro atoms. The molecule has 0 saturated carbocycles. The monoisotopic (exact) mass is 397 g/mol. The molecule has 8 nitrogen and oxygen atoms in total. The molecule has 27 heavy (non-hydrogen) atoms. The average molecular weight is 397 g/mol. The van der Waals surface area contributed by atoms with Gasteiger partial charge in [-0.25, -0.2) is 8.42 Å². The van der Waals surface area contributed by atoms with E-state index in [2.05, 4.69) is 5.32 Å². The Morgan fingerprint density at radius 1 is 1.33 bits per heavy atom. The van der Waals surface area contributed by atoms with Crippen LogP contribution >= 0.6 is 0 Å². The molecule has 9 heteroatoms. The number of hydrogen-bond donors (Lipinski definition) is 1. The molecule has 2 rings (SSSR count). The van der Waals surface area contributed by atoms with E-state index >= 15 is 0 Å². The van der Waals surface area contributed by atoms with Crippen LogP contribution in [0, 0.1) is 5.92 Å². The summed E-state index contributed by atoms with van der Waals surface area (Å²) in [5.74, 6) is -0.406. The standard InChI is InChI=1S/C18H27N3O5S/c1-13(2)17(22)19-15-8-6-10-21(12-15)18(23)14-7-5-9-16(11-14)27(24,25)20(3)26-4/h5,7,9,11,13,15H,6,8,10,12H2,1-4H3,(H,19,22). The van der Waals surface area contributed by atoms with Gasteiger partial charge in [-0.05, 0) is 31.0 Å². The Morgan fingerprint density at radius 2 is 2.04 bits per heavy atom. The lowest BCUT2D eigenvalue weighted by atomic mass is 10.0. The molecule has 1 aliphatic rings. The van der Waals surface area contributed by atoms with Crippen LogP contribution in [0.2, 0.25) is 0 Å². The van der Waals surface area contributed by atoms with Crippen LogP contribution in [0.25, 0.3) is 0 Å². The fourth-order valence-corrected chi connectivity index (χ4v) is 3.89. The number of rotatable bonds is 6. The predicted octanol–water partition coefficient (Wildman–Crippen LogP) is 1.25. The highest BCUT2D eigenvalue weighted by molar-refractivity contribution is 7.89. The van der Waals surface area contributed by atoms with Crippen molar-refractivity contribution in [2.24, 2.45) is 5.92 Å². The van der Waals surface area contributed by atoms with Crippen molar-refractivity contribution in [3.05, 3.63) is 29.8 Å². The van der Waals surface area contributed by atoms with Gasteiger partial charge in [-0.2, -0.15) is 0 Å². The van der Waals surface area contributed by atoms with E-state index in [0.717, 1.165) is 17.3 Å². The number of hydroxylamine groups is 1. The minimum Gasteiger partial charge on any atom is -0.351 e. The molecule has 1 aliphatic heterocycles. The summed E-state index contributed by atoms with van der Waals surface area (Å²) in [5.41, 5.74) is 0.288. The van der Waals surface area contributed by atoms with Crippen molar-refractivity contribution >= 4 is 21.8 Å². The minimum absolute atomic E-state index is 0.0145. The summed E-state index contributed by atoms with van der Waals surface area (Å²) in [5, 5.41) is 2.96. The molecule has 1 fully saturated rings. The van der Waals surface area contributed by atoms with Gasteiger partial charge in [0, 0.05) is 37.7 Å². The fourth-order valence-electron chi connectivity index (χ4n) is 2.87. The van der Waals surface area contributed by atoms with Crippen LogP contribution in [0.4, 0.5) is 0 Å². The molecule has 1 N–H and O–H groups in total. The van der Waals surface area contributed by atoms with Crippen molar-refractivity contribution < 1.29 is 22.8 Å². The van der Waals surface area contributed by atoms with Gasteiger partial charge in [-0.3, -0.25) is 14.4 Å². The number of amides is 2. The second-order valence-corrected chi connectivity index (χ2v) is 8.81. The highest BCUT2D eigenvalue weighted by Gasteiger charge is 2.27. The lowest BCUT2D eigenvalue weighted by Crippen LogP contribution is -2.50. The normalized spacial score (nSPS) is 18.0. The summed E-state index contributed by atoms with van der Waals surface area (Å²) in [7, 11) is -1.28. The molecule has 2 amide bonds. The maximum Gasteiger partial charge on any atom is 0.264 e. The van der Waals surface area contributed by atoms with Gasteiger partial charge >= 0.3 is 0 Å². The maximum absolute atomic E-state index is 12.9. The zero-order chi connectivity index (χ0) is 20.2. The van der Waals surface area contributed by atoms with E-state index in [1.807, 2.05) is 13.8 Å². The summed E-state index contributed by atoms with van der Waals surface area (Å²) < 4.78 is 25.5. The summed E-state index contributed by atoms with van der Waals surface area (Å²) in [6.45, 7) is 4.63. The molecule has 1 heterocycles. The lowest BCUT2D eigenvalue weighted by Gasteiger charge is -2.33. The van der Waals surface area contributed by atoms with E-state index in [1.54, 1.807) is 11.0 Å². The number of likely N-dealkylation sites (tertiary alicyclic amines) is 1. The Balaban J connectivity index is 2.15. The molecular formula is C18H27N3O5S. The molecule has 1 atom stereocenters. The van der Waals surface area contributed by atoms with E-state index in [9.17, 15) is 18.0 Å². The second kappa shape index (κ2) is 8.81. The van der Waals surface area contributed by atoms with Crippen LogP contribution in [-0.4, -0.2) is 62.9 Å². The molecule has 0 aliphatic carbocycles. The van der Waals surface area contributed by atoms with E-state index in [4.69, 9.17) is 4.84 Å². The Bertz CT molecular complexity index is 794. The first kappa shape index (κ1) is 21.3. The second-order valence-electron chi connectivity index (χ2n) is 6.88. The van der Waals surface area contributed by atoms with Gasteiger partial charge in [0.25, 0.3) is 15.9 Å². The Morgan fingerprint density at radius 3 is 2.67 bits per heavy atom. The molecule has 1 aromatic carbocycles. The number of carbonyl (C=O) groups excluding carboxylic acids is 2. The minimum atomic E-state index is -3.83. The molecular weight excluding hydrogens is 370 g/mol. The van der Waals surface area contributed by atoms with Crippen LogP contribution < -0.4 is 5.32 Å². The van der Waals surface area contributed by atoms with E-state index in [1.165, 1.54) is 32.4 Å². The van der Waals surface area contributed by atoms with Crippen molar-refractivity contribution in [1.82, 2.24) is 14.7 Å². The number of piperidine rings is 1. The van der Waals surface area contributed by atoms with Gasteiger partial charge in [-0.15, -0.1) is 0 Å². The third-order valence-corrected chi connectivity index (χ3v) is 6.23. The van der Waals surface area contributed by atoms with Crippen LogP contribution in [0.1, 0.15) is 37.0 Å². The first-order valence-corrected chi connectivity index (χ1v) is 10.3. The van der Waals surface area contributed by atoms with Crippen LogP contribution in [0.15, 0.2) is 29.2 Å². The van der Waals surface area contributed by atoms with Crippen molar-refractivity contribution in [1.29, 1.82) is 0 Å². The highest BCUT2D eigenvalue weighted by Crippen LogP contribution is 2.19. The van der Waals surface area contributed by atoms with Gasteiger partial charge in [0.15, 0.2) is 0 Å². The Kier molecular flexibility index (Phi) is 6.96. The predicted molar refractivity (Wildman–Crippen MR) is 100 cm³/mol. The third kappa shape index (κ3) is 5.06. The van der Waals surface area contributed by atoms with Gasteiger partial charge in [0.2, 0.25) is 5.91 Å². The van der Waals surface area contributed by atoms with Crippen LogP contribution in [0.5, 0.6) is 0 Å². The number of benzene rings is 1. The molecule has 0 radical (unpaired) electrons. The third-order valence-electron chi connectivity index (χ3n) is 4.55.